The fourth-order valence-corrected chi connectivity index (χ4v) is 10.7. The van der Waals surface area contributed by atoms with Crippen LogP contribution in [0.3, 0.4) is 0 Å². The van der Waals surface area contributed by atoms with E-state index < -0.39 is 5.81 Å². The van der Waals surface area contributed by atoms with E-state index in [0.717, 1.165) is 0 Å². The molecule has 2 aromatic carbocycles. The van der Waals surface area contributed by atoms with Crippen molar-refractivity contribution in [2.75, 3.05) is 13.3 Å². The predicted molar refractivity (Wildman–Crippen MR) is 107 cm³/mol. The molecule has 0 heterocycles. The van der Waals surface area contributed by atoms with Gasteiger partial charge >= 0.3 is 143 Å². The maximum absolute atomic E-state index is 5.78. The van der Waals surface area contributed by atoms with Gasteiger partial charge in [0.25, 0.3) is 0 Å². The molecule has 2 rings (SSSR count). The van der Waals surface area contributed by atoms with E-state index in [4.69, 9.17) is 17.0 Å². The van der Waals surface area contributed by atoms with E-state index in [0.29, 0.717) is 4.38 Å². The Balaban J connectivity index is 2.52. The van der Waals surface area contributed by atoms with E-state index in [1.807, 2.05) is 13.8 Å². The summed E-state index contributed by atoms with van der Waals surface area (Å²) in [7, 11) is 0. The van der Waals surface area contributed by atoms with Crippen LogP contribution in [0.15, 0.2) is 60.7 Å². The Morgan fingerprint density at radius 2 is 1.32 bits per heavy atom. The molecule has 0 aliphatic heterocycles. The summed E-state index contributed by atoms with van der Waals surface area (Å²) in [6, 6.07) is 21.3. The molecule has 0 radical (unpaired) electrons. The first-order chi connectivity index (χ1) is 10.3. The number of benzene rings is 2. The second kappa shape index (κ2) is 6.70. The van der Waals surface area contributed by atoms with Gasteiger partial charge in [-0.2, -0.15) is 0 Å². The predicted octanol–water partition coefficient (Wildman–Crippen LogP) is 4.81. The minimum atomic E-state index is -2.48. The van der Waals surface area contributed by atoms with Crippen LogP contribution in [0.2, 0.25) is 0 Å². The third-order valence-electron chi connectivity index (χ3n) is 3.69. The first kappa shape index (κ1) is 17.5. The van der Waals surface area contributed by atoms with Gasteiger partial charge in [-0.05, 0) is 0 Å². The summed E-state index contributed by atoms with van der Waals surface area (Å²) in [4.78, 5) is 0. The quantitative estimate of drug-likeness (QED) is 0.578. The second-order valence-electron chi connectivity index (χ2n) is 6.18. The Labute approximate surface area is 143 Å². The average Bonchev–Trinajstić information content (AvgIpc) is 2.48. The van der Waals surface area contributed by atoms with Crippen LogP contribution in [-0.4, -0.2) is 23.8 Å². The number of ether oxygens (including phenoxy) is 1. The molecule has 0 saturated carbocycles. The molecule has 4 heteroatoms. The van der Waals surface area contributed by atoms with Crippen molar-refractivity contribution < 1.29 is 4.74 Å². The van der Waals surface area contributed by atoms with E-state index >= 15 is 0 Å². The molecule has 22 heavy (non-hydrogen) atoms. The van der Waals surface area contributed by atoms with E-state index in [9.17, 15) is 0 Å². The van der Waals surface area contributed by atoms with Crippen LogP contribution >= 0.6 is 29.4 Å². The second-order valence-corrected chi connectivity index (χ2v) is 16.2. The first-order valence-electron chi connectivity index (χ1n) is 7.35. The van der Waals surface area contributed by atoms with E-state index in [1.165, 1.54) is 10.6 Å². The zero-order valence-corrected chi connectivity index (χ0v) is 16.1. The molecule has 0 aliphatic rings. The van der Waals surface area contributed by atoms with Gasteiger partial charge in [-0.3, -0.25) is 0 Å². The third-order valence-corrected chi connectivity index (χ3v) is 12.2. The Morgan fingerprint density at radius 1 is 0.909 bits per heavy atom. The molecule has 0 spiro atoms. The van der Waals surface area contributed by atoms with Gasteiger partial charge in [-0.15, -0.1) is 0 Å². The molecule has 0 fully saturated rings. The molecule has 0 unspecified atom stereocenters. The Bertz CT molecular complexity index is 595. The Morgan fingerprint density at radius 3 is 1.68 bits per heavy atom. The van der Waals surface area contributed by atoms with Crippen molar-refractivity contribution in [3.05, 3.63) is 60.7 Å². The standard InChI is InChI=1S/C18H23OPS2/c1-15(2)19-18(21)22-20(3,4,16-11-7-5-8-12-16)17-13-9-6-10-14-17/h5-15H,1-4H3. The molecule has 1 nitrogen and oxygen atoms in total. The molecule has 0 amide bonds. The summed E-state index contributed by atoms with van der Waals surface area (Å²) >= 11 is 7.25. The zero-order chi connectivity index (χ0) is 16.2. The monoisotopic (exact) mass is 350 g/mol. The van der Waals surface area contributed by atoms with Crippen LogP contribution < -0.4 is 10.6 Å². The van der Waals surface area contributed by atoms with Crippen molar-refractivity contribution in [3.8, 4) is 0 Å². The molecule has 0 bridgehead atoms. The topological polar surface area (TPSA) is 9.23 Å². The molecular formula is C18H23OPS2. The van der Waals surface area contributed by atoms with Crippen molar-refractivity contribution in [1.82, 2.24) is 0 Å². The number of thiocarbonyl (C=S) groups is 1. The summed E-state index contributed by atoms with van der Waals surface area (Å²) in [6.45, 7) is 8.71. The van der Waals surface area contributed by atoms with E-state index in [1.54, 1.807) is 11.4 Å². The summed E-state index contributed by atoms with van der Waals surface area (Å²) in [5.74, 6) is -2.48. The zero-order valence-electron chi connectivity index (χ0n) is 13.5. The normalized spacial score (nSPS) is 13.4. The Kier molecular flexibility index (Phi) is 5.32. The van der Waals surface area contributed by atoms with Crippen LogP contribution in [0, 0.1) is 0 Å². The Hall–Kier alpha value is -0.890. The van der Waals surface area contributed by atoms with Gasteiger partial charge in [0.05, 0.1) is 0 Å². The molecule has 2 aromatic rings. The molecule has 0 aromatic heterocycles. The summed E-state index contributed by atoms with van der Waals surface area (Å²) in [6.07, 6.45) is 0.104. The van der Waals surface area contributed by atoms with Crippen molar-refractivity contribution >= 4 is 44.4 Å². The van der Waals surface area contributed by atoms with Gasteiger partial charge in [-0.25, -0.2) is 0 Å². The van der Waals surface area contributed by atoms with Gasteiger partial charge in [0.1, 0.15) is 0 Å². The molecular weight excluding hydrogens is 327 g/mol. The van der Waals surface area contributed by atoms with Gasteiger partial charge in [0.2, 0.25) is 0 Å². The van der Waals surface area contributed by atoms with Gasteiger partial charge in [0.15, 0.2) is 0 Å². The number of hydrogen-bond donors (Lipinski definition) is 0. The average molecular weight is 350 g/mol. The first-order valence-corrected chi connectivity index (χ1v) is 12.3. The van der Waals surface area contributed by atoms with Crippen LogP contribution in [0.5, 0.6) is 0 Å². The minimum absolute atomic E-state index is 0.104. The van der Waals surface area contributed by atoms with Crippen LogP contribution in [0.25, 0.3) is 0 Å². The summed E-state index contributed by atoms with van der Waals surface area (Å²) < 4.78 is 6.41. The SMILES string of the molecule is CC(C)OC(=S)SP(C)(C)(c1ccccc1)c1ccccc1. The van der Waals surface area contributed by atoms with E-state index in [2.05, 4.69) is 74.0 Å². The van der Waals surface area contributed by atoms with Crippen LogP contribution in [0.4, 0.5) is 0 Å². The molecule has 0 N–H and O–H groups in total. The third kappa shape index (κ3) is 3.71. The van der Waals surface area contributed by atoms with Gasteiger partial charge < -0.3 is 0 Å². The molecule has 118 valence electrons. The maximum atomic E-state index is 5.78. The van der Waals surface area contributed by atoms with Crippen molar-refractivity contribution in [3.63, 3.8) is 0 Å². The van der Waals surface area contributed by atoms with Crippen molar-refractivity contribution in [2.24, 2.45) is 0 Å². The summed E-state index contributed by atoms with van der Waals surface area (Å²) in [5.41, 5.74) is 0. The molecule has 0 atom stereocenters. The molecule has 0 aliphatic carbocycles. The molecule has 0 saturated heterocycles. The number of rotatable bonds is 4. The van der Waals surface area contributed by atoms with Crippen molar-refractivity contribution in [2.45, 2.75) is 20.0 Å². The van der Waals surface area contributed by atoms with Crippen LogP contribution in [0.1, 0.15) is 13.8 Å². The fraction of sp³-hybridized carbons (Fsp3) is 0.278. The summed E-state index contributed by atoms with van der Waals surface area (Å²) in [5, 5.41) is 2.67. The number of hydrogen-bond acceptors (Lipinski definition) is 3. The van der Waals surface area contributed by atoms with Gasteiger partial charge in [0, 0.05) is 0 Å². The van der Waals surface area contributed by atoms with E-state index in [-0.39, 0.29) is 6.10 Å². The van der Waals surface area contributed by atoms with Crippen molar-refractivity contribution in [1.29, 1.82) is 0 Å². The van der Waals surface area contributed by atoms with Gasteiger partial charge in [-0.1, -0.05) is 0 Å². The fourth-order valence-electron chi connectivity index (χ4n) is 2.42. The van der Waals surface area contributed by atoms with Crippen LogP contribution in [-0.2, 0) is 4.74 Å².